The van der Waals surface area contributed by atoms with Crippen molar-refractivity contribution < 1.29 is 9.26 Å². The minimum atomic E-state index is 0.447. The van der Waals surface area contributed by atoms with E-state index < -0.39 is 0 Å². The third-order valence-corrected chi connectivity index (χ3v) is 3.75. The van der Waals surface area contributed by atoms with Crippen molar-refractivity contribution in [1.29, 1.82) is 0 Å². The van der Waals surface area contributed by atoms with Gasteiger partial charge in [-0.1, -0.05) is 19.0 Å². The fraction of sp³-hybridized carbons (Fsp3) is 0.438. The second kappa shape index (κ2) is 5.29. The largest absolute Gasteiger partial charge is 0.497 e. The first-order valence-electron chi connectivity index (χ1n) is 7.07. The summed E-state index contributed by atoms with van der Waals surface area (Å²) in [4.78, 5) is 0. The van der Waals surface area contributed by atoms with E-state index in [2.05, 4.69) is 36.5 Å². The lowest BCUT2D eigenvalue weighted by molar-refractivity contribution is 0.412. The lowest BCUT2D eigenvalue weighted by Gasteiger charge is -2.16. The van der Waals surface area contributed by atoms with Crippen LogP contribution in [0, 0.1) is 0 Å². The summed E-state index contributed by atoms with van der Waals surface area (Å²) in [6.45, 7) is 5.03. The quantitative estimate of drug-likeness (QED) is 0.929. The van der Waals surface area contributed by atoms with Crippen LogP contribution < -0.4 is 10.1 Å². The number of aryl methyl sites for hydroxylation is 1. The molecule has 0 saturated carbocycles. The number of rotatable bonds is 4. The van der Waals surface area contributed by atoms with E-state index in [1.807, 2.05) is 6.07 Å². The summed E-state index contributed by atoms with van der Waals surface area (Å²) in [6.07, 6.45) is 1.99. The Hall–Kier alpha value is -1.81. The molecule has 0 aliphatic heterocycles. The van der Waals surface area contributed by atoms with Gasteiger partial charge in [-0.15, -0.1) is 0 Å². The number of methoxy groups -OCH3 is 1. The summed E-state index contributed by atoms with van der Waals surface area (Å²) in [6, 6.07) is 6.58. The van der Waals surface area contributed by atoms with Gasteiger partial charge in [0.05, 0.1) is 7.11 Å². The molecule has 0 spiro atoms. The highest BCUT2D eigenvalue weighted by Gasteiger charge is 2.24. The molecule has 1 N–H and O–H groups in total. The number of hydrogen-bond acceptors (Lipinski definition) is 4. The molecule has 1 aliphatic carbocycles. The summed E-state index contributed by atoms with van der Waals surface area (Å²) in [5.74, 6) is 1.82. The van der Waals surface area contributed by atoms with Crippen LogP contribution in [0.5, 0.6) is 5.75 Å². The van der Waals surface area contributed by atoms with Crippen molar-refractivity contribution in [2.24, 2.45) is 0 Å². The van der Waals surface area contributed by atoms with Gasteiger partial charge < -0.3 is 14.6 Å². The second-order valence-corrected chi connectivity index (χ2v) is 5.50. The van der Waals surface area contributed by atoms with Crippen molar-refractivity contribution in [3.05, 3.63) is 35.0 Å². The zero-order valence-electron chi connectivity index (χ0n) is 12.2. The van der Waals surface area contributed by atoms with Crippen molar-refractivity contribution in [2.45, 2.75) is 39.3 Å². The van der Waals surface area contributed by atoms with Crippen molar-refractivity contribution in [3.63, 3.8) is 0 Å². The predicted molar refractivity (Wildman–Crippen MR) is 77.9 cm³/mol. The molecule has 0 atom stereocenters. The highest BCUT2D eigenvalue weighted by Crippen LogP contribution is 2.36. The Balaban J connectivity index is 1.93. The third-order valence-electron chi connectivity index (χ3n) is 3.75. The molecule has 0 unspecified atom stereocenters. The first kappa shape index (κ1) is 13.2. The average molecular weight is 272 g/mol. The summed E-state index contributed by atoms with van der Waals surface area (Å²) in [7, 11) is 1.69. The highest BCUT2D eigenvalue weighted by molar-refractivity contribution is 5.69. The minimum Gasteiger partial charge on any atom is -0.497 e. The second-order valence-electron chi connectivity index (χ2n) is 5.50. The van der Waals surface area contributed by atoms with Crippen molar-refractivity contribution in [3.8, 4) is 17.1 Å². The van der Waals surface area contributed by atoms with Crippen molar-refractivity contribution in [1.82, 2.24) is 10.5 Å². The average Bonchev–Trinajstić information content (AvgIpc) is 2.87. The Bertz CT molecular complexity index is 617. The maximum absolute atomic E-state index is 5.59. The van der Waals surface area contributed by atoms with E-state index in [0.29, 0.717) is 6.04 Å². The predicted octanol–water partition coefficient (Wildman–Crippen LogP) is 2.95. The zero-order chi connectivity index (χ0) is 14.1. The summed E-state index contributed by atoms with van der Waals surface area (Å²) >= 11 is 0. The first-order valence-corrected chi connectivity index (χ1v) is 7.07. The molecule has 20 heavy (non-hydrogen) atoms. The smallest absolute Gasteiger partial charge is 0.170 e. The van der Waals surface area contributed by atoms with Crippen molar-refractivity contribution >= 4 is 0 Å². The van der Waals surface area contributed by atoms with Crippen LogP contribution in [-0.2, 0) is 19.4 Å². The molecule has 3 rings (SSSR count). The molecule has 2 aromatic rings. The maximum Gasteiger partial charge on any atom is 0.170 e. The number of fused-ring (bicyclic) bond motifs is 3. The Kier molecular flexibility index (Phi) is 3.49. The number of ether oxygens (including phenoxy) is 1. The molecular formula is C16H20N2O2. The van der Waals surface area contributed by atoms with Gasteiger partial charge >= 0.3 is 0 Å². The molecule has 1 heterocycles. The number of nitrogens with one attached hydrogen (secondary N) is 1. The minimum absolute atomic E-state index is 0.447. The van der Waals surface area contributed by atoms with Crippen LogP contribution in [0.4, 0.5) is 0 Å². The standard InChI is InChI=1S/C16H20N2O2/c1-10(2)17-9-15-14-6-4-11-8-12(19-3)5-7-13(11)16(14)20-18-15/h5,7-8,10,17H,4,6,9H2,1-3H3. The van der Waals surface area contributed by atoms with Crippen LogP contribution in [0.15, 0.2) is 22.7 Å². The normalized spacial score (nSPS) is 13.2. The molecule has 0 saturated heterocycles. The SMILES string of the molecule is COc1ccc2c(c1)CCc1c(CNC(C)C)noc1-2. The van der Waals surface area contributed by atoms with E-state index in [0.717, 1.165) is 42.2 Å². The summed E-state index contributed by atoms with van der Waals surface area (Å²) < 4.78 is 10.9. The Morgan fingerprint density at radius 1 is 1.35 bits per heavy atom. The Morgan fingerprint density at radius 3 is 2.95 bits per heavy atom. The van der Waals surface area contributed by atoms with E-state index in [1.54, 1.807) is 7.11 Å². The lowest BCUT2D eigenvalue weighted by atomic mass is 9.89. The van der Waals surface area contributed by atoms with Gasteiger partial charge in [-0.2, -0.15) is 0 Å². The molecule has 1 aromatic carbocycles. The van der Waals surface area contributed by atoms with E-state index >= 15 is 0 Å². The molecular weight excluding hydrogens is 252 g/mol. The number of hydrogen-bond donors (Lipinski definition) is 1. The van der Waals surface area contributed by atoms with E-state index in [9.17, 15) is 0 Å². The number of nitrogens with zero attached hydrogens (tertiary/aromatic N) is 1. The highest BCUT2D eigenvalue weighted by atomic mass is 16.5. The Labute approximate surface area is 119 Å². The van der Waals surface area contributed by atoms with Crippen LogP contribution in [-0.4, -0.2) is 18.3 Å². The lowest BCUT2D eigenvalue weighted by Crippen LogP contribution is -2.22. The first-order chi connectivity index (χ1) is 9.69. The van der Waals surface area contributed by atoms with E-state index in [1.165, 1.54) is 11.1 Å². The maximum atomic E-state index is 5.59. The van der Waals surface area contributed by atoms with Gasteiger partial charge in [0.1, 0.15) is 11.4 Å². The molecule has 0 amide bonds. The molecule has 0 radical (unpaired) electrons. The van der Waals surface area contributed by atoms with Gasteiger partial charge in [-0.3, -0.25) is 0 Å². The third kappa shape index (κ3) is 2.31. The van der Waals surface area contributed by atoms with Gasteiger partial charge in [-0.25, -0.2) is 0 Å². The summed E-state index contributed by atoms with van der Waals surface area (Å²) in [5.41, 5.74) is 4.71. The van der Waals surface area contributed by atoms with E-state index in [-0.39, 0.29) is 0 Å². The fourth-order valence-corrected chi connectivity index (χ4v) is 2.64. The van der Waals surface area contributed by atoms with Crippen LogP contribution >= 0.6 is 0 Å². The fourth-order valence-electron chi connectivity index (χ4n) is 2.64. The summed E-state index contributed by atoms with van der Waals surface area (Å²) in [5, 5.41) is 7.64. The van der Waals surface area contributed by atoms with Crippen LogP contribution in [0.2, 0.25) is 0 Å². The van der Waals surface area contributed by atoms with Gasteiger partial charge in [0.2, 0.25) is 0 Å². The Morgan fingerprint density at radius 2 is 2.20 bits per heavy atom. The van der Waals surface area contributed by atoms with Gasteiger partial charge in [0.15, 0.2) is 5.76 Å². The topological polar surface area (TPSA) is 47.3 Å². The molecule has 1 aliphatic rings. The monoisotopic (exact) mass is 272 g/mol. The molecule has 1 aromatic heterocycles. The molecule has 4 nitrogen and oxygen atoms in total. The van der Waals surface area contributed by atoms with Gasteiger partial charge in [-0.05, 0) is 36.6 Å². The van der Waals surface area contributed by atoms with Crippen LogP contribution in [0.3, 0.4) is 0 Å². The molecule has 106 valence electrons. The molecule has 0 bridgehead atoms. The zero-order valence-corrected chi connectivity index (χ0v) is 12.2. The molecule has 4 heteroatoms. The van der Waals surface area contributed by atoms with Crippen molar-refractivity contribution in [2.75, 3.05) is 7.11 Å². The van der Waals surface area contributed by atoms with Crippen LogP contribution in [0.1, 0.15) is 30.7 Å². The van der Waals surface area contributed by atoms with Crippen LogP contribution in [0.25, 0.3) is 11.3 Å². The molecule has 0 fully saturated rings. The number of benzene rings is 1. The van der Waals surface area contributed by atoms with Gasteiger partial charge in [0.25, 0.3) is 0 Å². The number of aromatic nitrogens is 1. The van der Waals surface area contributed by atoms with E-state index in [4.69, 9.17) is 9.26 Å². The van der Waals surface area contributed by atoms with Gasteiger partial charge in [0, 0.05) is 23.7 Å².